The quantitative estimate of drug-likeness (QED) is 0.531. The summed E-state index contributed by atoms with van der Waals surface area (Å²) in [6, 6.07) is 0.691. The van der Waals surface area contributed by atoms with E-state index in [-0.39, 0.29) is 0 Å². The van der Waals surface area contributed by atoms with Crippen LogP contribution in [0.4, 0.5) is 0 Å². The van der Waals surface area contributed by atoms with Gasteiger partial charge in [-0.25, -0.2) is 0 Å². The molecular weight excluding hydrogens is 182 g/mol. The van der Waals surface area contributed by atoms with Crippen LogP contribution in [0, 0.1) is 5.92 Å². The lowest BCUT2D eigenvalue weighted by molar-refractivity contribution is 0.372. The topological polar surface area (TPSA) is 12.0 Å². The molecule has 92 valence electrons. The molecule has 0 spiro atoms. The fraction of sp³-hybridized carbons (Fsp3) is 1.00. The van der Waals surface area contributed by atoms with Crippen LogP contribution >= 0.6 is 0 Å². The van der Waals surface area contributed by atoms with Crippen LogP contribution in [0.3, 0.4) is 0 Å². The average molecular weight is 213 g/mol. The summed E-state index contributed by atoms with van der Waals surface area (Å²) in [6.45, 7) is 10.4. The number of unbranched alkanes of at least 4 members (excludes halogenated alkanes) is 4. The van der Waals surface area contributed by atoms with Crippen LogP contribution in [0.15, 0.2) is 0 Å². The second-order valence-corrected chi connectivity index (χ2v) is 4.92. The van der Waals surface area contributed by atoms with Gasteiger partial charge in [0.15, 0.2) is 0 Å². The van der Waals surface area contributed by atoms with Gasteiger partial charge in [-0.2, -0.15) is 0 Å². The van der Waals surface area contributed by atoms with E-state index in [0.29, 0.717) is 6.04 Å². The number of hydrogen-bond acceptors (Lipinski definition) is 1. The molecule has 1 nitrogen and oxygen atoms in total. The van der Waals surface area contributed by atoms with Crippen molar-refractivity contribution in [2.24, 2.45) is 5.92 Å². The highest BCUT2D eigenvalue weighted by Crippen LogP contribution is 2.10. The molecule has 2 unspecified atom stereocenters. The zero-order valence-corrected chi connectivity index (χ0v) is 11.3. The lowest BCUT2D eigenvalue weighted by Gasteiger charge is -2.20. The summed E-state index contributed by atoms with van der Waals surface area (Å²) < 4.78 is 0. The van der Waals surface area contributed by atoms with E-state index in [9.17, 15) is 0 Å². The van der Waals surface area contributed by atoms with E-state index in [1.54, 1.807) is 0 Å². The third kappa shape index (κ3) is 8.92. The molecule has 0 aromatic heterocycles. The maximum absolute atomic E-state index is 3.64. The van der Waals surface area contributed by atoms with Crippen LogP contribution in [0.5, 0.6) is 0 Å². The number of nitrogens with one attached hydrogen (secondary N) is 1. The van der Waals surface area contributed by atoms with Crippen molar-refractivity contribution in [3.05, 3.63) is 0 Å². The van der Waals surface area contributed by atoms with Gasteiger partial charge in [0.05, 0.1) is 0 Å². The Morgan fingerprint density at radius 3 is 2.13 bits per heavy atom. The number of hydrogen-bond donors (Lipinski definition) is 1. The Labute approximate surface area is 97.0 Å². The molecule has 15 heavy (non-hydrogen) atoms. The fourth-order valence-corrected chi connectivity index (χ4v) is 1.96. The third-order valence-corrected chi connectivity index (χ3v) is 3.34. The van der Waals surface area contributed by atoms with Crippen LogP contribution in [-0.2, 0) is 0 Å². The molecule has 1 N–H and O–H groups in total. The van der Waals surface area contributed by atoms with E-state index in [2.05, 4.69) is 33.0 Å². The van der Waals surface area contributed by atoms with Gasteiger partial charge in [-0.05, 0) is 32.2 Å². The normalized spacial score (nSPS) is 15.2. The summed E-state index contributed by atoms with van der Waals surface area (Å²) in [7, 11) is 0. The minimum atomic E-state index is 0.691. The average Bonchev–Trinajstić information content (AvgIpc) is 2.23. The van der Waals surface area contributed by atoms with Crippen molar-refractivity contribution in [3.63, 3.8) is 0 Å². The predicted molar refractivity (Wildman–Crippen MR) is 70.3 cm³/mol. The minimum Gasteiger partial charge on any atom is -0.314 e. The van der Waals surface area contributed by atoms with E-state index in [1.807, 2.05) is 0 Å². The van der Waals surface area contributed by atoms with Gasteiger partial charge >= 0.3 is 0 Å². The monoisotopic (exact) mass is 213 g/mol. The molecule has 0 aromatic rings. The second kappa shape index (κ2) is 10.5. The largest absolute Gasteiger partial charge is 0.314 e. The Morgan fingerprint density at radius 1 is 0.867 bits per heavy atom. The highest BCUT2D eigenvalue weighted by atomic mass is 14.9. The molecule has 1 heteroatoms. The highest BCUT2D eigenvalue weighted by molar-refractivity contribution is 4.67. The Kier molecular flexibility index (Phi) is 10.4. The smallest absolute Gasteiger partial charge is 0.00643 e. The van der Waals surface area contributed by atoms with Gasteiger partial charge in [0.1, 0.15) is 0 Å². The molecule has 0 saturated carbocycles. The summed E-state index contributed by atoms with van der Waals surface area (Å²) in [4.78, 5) is 0. The first-order valence-corrected chi connectivity index (χ1v) is 6.95. The van der Waals surface area contributed by atoms with Crippen molar-refractivity contribution in [1.29, 1.82) is 0 Å². The minimum absolute atomic E-state index is 0.691. The Balaban J connectivity index is 3.26. The summed E-state index contributed by atoms with van der Waals surface area (Å²) in [6.07, 6.45) is 9.57. The van der Waals surface area contributed by atoms with E-state index >= 15 is 0 Å². The first-order valence-electron chi connectivity index (χ1n) is 6.95. The van der Waals surface area contributed by atoms with Gasteiger partial charge in [0.2, 0.25) is 0 Å². The van der Waals surface area contributed by atoms with Crippen LogP contribution in [0.25, 0.3) is 0 Å². The molecule has 0 radical (unpaired) electrons. The first kappa shape index (κ1) is 15.0. The third-order valence-electron chi connectivity index (χ3n) is 3.34. The molecule has 0 amide bonds. The van der Waals surface area contributed by atoms with Gasteiger partial charge in [0.25, 0.3) is 0 Å². The lowest BCUT2D eigenvalue weighted by atomic mass is 9.98. The molecule has 0 bridgehead atoms. The Morgan fingerprint density at radius 2 is 1.53 bits per heavy atom. The standard InChI is InChI=1S/C14H31N/c1-5-7-8-9-10-12-15-14(4)13(3)11-6-2/h13-15H,5-12H2,1-4H3. The molecule has 0 rings (SSSR count). The summed E-state index contributed by atoms with van der Waals surface area (Å²) in [5.41, 5.74) is 0. The molecular formula is C14H31N. The van der Waals surface area contributed by atoms with E-state index < -0.39 is 0 Å². The van der Waals surface area contributed by atoms with Gasteiger partial charge < -0.3 is 5.32 Å². The molecule has 0 aromatic carbocycles. The van der Waals surface area contributed by atoms with Crippen LogP contribution in [0.1, 0.15) is 72.6 Å². The van der Waals surface area contributed by atoms with Crippen molar-refractivity contribution in [2.75, 3.05) is 6.54 Å². The van der Waals surface area contributed by atoms with Crippen LogP contribution < -0.4 is 5.32 Å². The molecule has 0 saturated heterocycles. The molecule has 0 aliphatic carbocycles. The van der Waals surface area contributed by atoms with Crippen molar-refractivity contribution >= 4 is 0 Å². The van der Waals surface area contributed by atoms with Gasteiger partial charge in [-0.15, -0.1) is 0 Å². The zero-order chi connectivity index (χ0) is 11.5. The molecule has 0 heterocycles. The molecule has 2 atom stereocenters. The lowest BCUT2D eigenvalue weighted by Crippen LogP contribution is -2.32. The maximum Gasteiger partial charge on any atom is 0.00643 e. The van der Waals surface area contributed by atoms with Gasteiger partial charge in [-0.1, -0.05) is 52.9 Å². The van der Waals surface area contributed by atoms with Gasteiger partial charge in [-0.3, -0.25) is 0 Å². The van der Waals surface area contributed by atoms with E-state index in [4.69, 9.17) is 0 Å². The van der Waals surface area contributed by atoms with Crippen LogP contribution in [0.2, 0.25) is 0 Å². The van der Waals surface area contributed by atoms with Crippen LogP contribution in [-0.4, -0.2) is 12.6 Å². The Bertz CT molecular complexity index is 123. The van der Waals surface area contributed by atoms with Gasteiger partial charge in [0, 0.05) is 6.04 Å². The predicted octanol–water partition coefficient (Wildman–Crippen LogP) is 4.37. The first-order chi connectivity index (χ1) is 7.22. The second-order valence-electron chi connectivity index (χ2n) is 4.92. The summed E-state index contributed by atoms with van der Waals surface area (Å²) >= 11 is 0. The van der Waals surface area contributed by atoms with Crippen molar-refractivity contribution in [3.8, 4) is 0 Å². The zero-order valence-electron chi connectivity index (χ0n) is 11.3. The van der Waals surface area contributed by atoms with E-state index in [1.165, 1.54) is 51.5 Å². The number of rotatable bonds is 10. The molecule has 0 fully saturated rings. The van der Waals surface area contributed by atoms with Crippen molar-refractivity contribution in [1.82, 2.24) is 5.32 Å². The Hall–Kier alpha value is -0.0400. The highest BCUT2D eigenvalue weighted by Gasteiger charge is 2.09. The van der Waals surface area contributed by atoms with E-state index in [0.717, 1.165) is 5.92 Å². The summed E-state index contributed by atoms with van der Waals surface area (Å²) in [5.74, 6) is 0.825. The fourth-order valence-electron chi connectivity index (χ4n) is 1.96. The van der Waals surface area contributed by atoms with Crippen molar-refractivity contribution < 1.29 is 0 Å². The van der Waals surface area contributed by atoms with Crippen molar-refractivity contribution in [2.45, 2.75) is 78.7 Å². The molecule has 0 aliphatic heterocycles. The SMILES string of the molecule is CCCCCCCNC(C)C(C)CCC. The maximum atomic E-state index is 3.64. The summed E-state index contributed by atoms with van der Waals surface area (Å²) in [5, 5.41) is 3.64. The molecule has 0 aliphatic rings.